The fourth-order valence-electron chi connectivity index (χ4n) is 3.48. The highest BCUT2D eigenvalue weighted by atomic mass is 16.2. The average molecular weight is 353 g/mol. The molecule has 0 radical (unpaired) electrons. The maximum absolute atomic E-state index is 13.1. The van der Waals surface area contributed by atoms with Crippen molar-refractivity contribution in [2.45, 2.75) is 85.2 Å². The van der Waals surface area contributed by atoms with Gasteiger partial charge in [-0.15, -0.1) is 0 Å². The van der Waals surface area contributed by atoms with Gasteiger partial charge in [0.2, 0.25) is 11.8 Å². The van der Waals surface area contributed by atoms with Gasteiger partial charge in [-0.3, -0.25) is 14.4 Å². The minimum Gasteiger partial charge on any atom is -0.334 e. The van der Waals surface area contributed by atoms with Crippen molar-refractivity contribution in [2.75, 3.05) is 13.6 Å². The zero-order chi connectivity index (χ0) is 19.1. The number of amides is 2. The molecule has 0 spiro atoms. The largest absolute Gasteiger partial charge is 0.334 e. The Morgan fingerprint density at radius 2 is 1.80 bits per heavy atom. The van der Waals surface area contributed by atoms with Crippen molar-refractivity contribution in [3.63, 3.8) is 0 Å². The average Bonchev–Trinajstić information content (AvgIpc) is 3.04. The van der Waals surface area contributed by atoms with Crippen LogP contribution in [0.4, 0.5) is 0 Å². The molecule has 1 aliphatic heterocycles. The van der Waals surface area contributed by atoms with Gasteiger partial charge in [0.05, 0.1) is 6.04 Å². The predicted octanol–water partition coefficient (Wildman–Crippen LogP) is 3.27. The number of carbonyl (C=O) groups is 3. The molecule has 0 aromatic heterocycles. The molecule has 0 unspecified atom stereocenters. The first kappa shape index (κ1) is 21.7. The third-order valence-electron chi connectivity index (χ3n) is 5.01. The van der Waals surface area contributed by atoms with Gasteiger partial charge in [-0.05, 0) is 31.6 Å². The Morgan fingerprint density at radius 3 is 2.32 bits per heavy atom. The molecule has 5 nitrogen and oxygen atoms in total. The maximum Gasteiger partial charge on any atom is 0.245 e. The van der Waals surface area contributed by atoms with E-state index in [1.54, 1.807) is 16.8 Å². The lowest BCUT2D eigenvalue weighted by Gasteiger charge is -2.34. The van der Waals surface area contributed by atoms with E-state index in [1.807, 2.05) is 13.8 Å². The molecule has 1 rings (SSSR count). The molecule has 5 heteroatoms. The minimum atomic E-state index is -0.402. The van der Waals surface area contributed by atoms with E-state index >= 15 is 0 Å². The van der Waals surface area contributed by atoms with Gasteiger partial charge in [-0.25, -0.2) is 0 Å². The molecule has 1 saturated heterocycles. The lowest BCUT2D eigenvalue weighted by molar-refractivity contribution is -0.147. The fraction of sp³-hybridized carbons (Fsp3) is 0.850. The highest BCUT2D eigenvalue weighted by molar-refractivity contribution is 5.93. The van der Waals surface area contributed by atoms with Crippen molar-refractivity contribution < 1.29 is 14.4 Å². The highest BCUT2D eigenvalue weighted by Gasteiger charge is 2.38. The summed E-state index contributed by atoms with van der Waals surface area (Å²) < 4.78 is 0. The number of likely N-dealkylation sites (N-methyl/N-ethyl adjacent to an activating group) is 1. The Bertz CT molecular complexity index is 474. The molecular formula is C20H36N2O3. The molecule has 0 aromatic carbocycles. The summed E-state index contributed by atoms with van der Waals surface area (Å²) in [4.78, 5) is 41.5. The summed E-state index contributed by atoms with van der Waals surface area (Å²) in [6.07, 6.45) is 4.55. The number of nitrogens with zero attached hydrogens (tertiary/aromatic N) is 2. The Hall–Kier alpha value is -1.39. The lowest BCUT2D eigenvalue weighted by Crippen LogP contribution is -2.52. The van der Waals surface area contributed by atoms with E-state index in [0.29, 0.717) is 31.7 Å². The molecule has 0 N–H and O–H groups in total. The number of carbonyl (C=O) groups excluding carboxylic acids is 3. The van der Waals surface area contributed by atoms with Gasteiger partial charge in [-0.2, -0.15) is 0 Å². The monoisotopic (exact) mass is 352 g/mol. The van der Waals surface area contributed by atoms with Gasteiger partial charge in [-0.1, -0.05) is 41.0 Å². The summed E-state index contributed by atoms with van der Waals surface area (Å²) in [5.41, 5.74) is 0. The molecule has 1 aliphatic rings. The Balaban J connectivity index is 2.89. The van der Waals surface area contributed by atoms with E-state index in [9.17, 15) is 14.4 Å². The van der Waals surface area contributed by atoms with Gasteiger partial charge in [0.15, 0.2) is 5.78 Å². The second-order valence-corrected chi connectivity index (χ2v) is 8.00. The number of hydrogen-bond donors (Lipinski definition) is 0. The van der Waals surface area contributed by atoms with Crippen LogP contribution in [0.5, 0.6) is 0 Å². The third kappa shape index (κ3) is 5.82. The highest BCUT2D eigenvalue weighted by Crippen LogP contribution is 2.23. The SMILES string of the molecule is CCCCC(=O)N1CCC[C@H]1C(=O)N(C)[C@H](CC(C)C)C(=O)C(C)C. The van der Waals surface area contributed by atoms with Crippen molar-refractivity contribution in [1.29, 1.82) is 0 Å². The van der Waals surface area contributed by atoms with E-state index in [0.717, 1.165) is 19.3 Å². The molecule has 0 bridgehead atoms. The van der Waals surface area contributed by atoms with Crippen LogP contribution in [0.3, 0.4) is 0 Å². The zero-order valence-corrected chi connectivity index (χ0v) is 16.9. The Kier molecular flexibility index (Phi) is 8.60. The number of Topliss-reactive ketones (excluding diaryl/α,β-unsaturated/α-hetero) is 1. The molecule has 0 aliphatic carbocycles. The first-order valence-electron chi connectivity index (χ1n) is 9.80. The van der Waals surface area contributed by atoms with Crippen LogP contribution in [0.2, 0.25) is 0 Å². The Labute approximate surface area is 153 Å². The maximum atomic E-state index is 13.1. The van der Waals surface area contributed by atoms with Crippen molar-refractivity contribution in [3.05, 3.63) is 0 Å². The zero-order valence-electron chi connectivity index (χ0n) is 16.9. The lowest BCUT2D eigenvalue weighted by atomic mass is 9.92. The van der Waals surface area contributed by atoms with Crippen molar-refractivity contribution in [2.24, 2.45) is 11.8 Å². The van der Waals surface area contributed by atoms with Crippen LogP contribution in [0.15, 0.2) is 0 Å². The van der Waals surface area contributed by atoms with Crippen LogP contribution < -0.4 is 0 Å². The second kappa shape index (κ2) is 9.93. The van der Waals surface area contributed by atoms with Gasteiger partial charge < -0.3 is 9.80 Å². The van der Waals surface area contributed by atoms with Crippen LogP contribution in [0, 0.1) is 11.8 Å². The number of likely N-dealkylation sites (tertiary alicyclic amines) is 1. The normalized spacial score (nSPS) is 18.7. The van der Waals surface area contributed by atoms with E-state index in [1.165, 1.54) is 0 Å². The second-order valence-electron chi connectivity index (χ2n) is 8.00. The molecule has 2 atom stereocenters. The van der Waals surface area contributed by atoms with Crippen LogP contribution in [0.25, 0.3) is 0 Å². The molecular weight excluding hydrogens is 316 g/mol. The smallest absolute Gasteiger partial charge is 0.245 e. The Morgan fingerprint density at radius 1 is 1.16 bits per heavy atom. The molecule has 144 valence electrons. The van der Waals surface area contributed by atoms with Crippen LogP contribution in [-0.4, -0.2) is 53.1 Å². The summed E-state index contributed by atoms with van der Waals surface area (Å²) in [5.74, 6) is 0.314. The molecule has 1 fully saturated rings. The molecule has 0 saturated carbocycles. The number of rotatable bonds is 9. The van der Waals surface area contributed by atoms with Gasteiger partial charge in [0, 0.05) is 25.9 Å². The first-order chi connectivity index (χ1) is 11.7. The van der Waals surface area contributed by atoms with E-state index < -0.39 is 12.1 Å². The molecule has 2 amide bonds. The van der Waals surface area contributed by atoms with E-state index in [-0.39, 0.29) is 23.5 Å². The summed E-state index contributed by atoms with van der Waals surface area (Å²) in [6, 6.07) is -0.801. The first-order valence-corrected chi connectivity index (χ1v) is 9.80. The van der Waals surface area contributed by atoms with Crippen LogP contribution in [0.1, 0.15) is 73.1 Å². The minimum absolute atomic E-state index is 0.0710. The standard InChI is InChI=1S/C20H36N2O3/c1-7-8-11-18(23)22-12-9-10-16(22)20(25)21(6)17(13-14(2)3)19(24)15(4)5/h14-17H,7-13H2,1-6H3/t16-,17+/m0/s1. The molecule has 0 aromatic rings. The third-order valence-corrected chi connectivity index (χ3v) is 5.01. The number of hydrogen-bond acceptors (Lipinski definition) is 3. The van der Waals surface area contributed by atoms with Crippen LogP contribution in [-0.2, 0) is 14.4 Å². The quantitative estimate of drug-likeness (QED) is 0.640. The molecule has 1 heterocycles. The van der Waals surface area contributed by atoms with Gasteiger partial charge >= 0.3 is 0 Å². The van der Waals surface area contributed by atoms with Crippen molar-refractivity contribution in [3.8, 4) is 0 Å². The summed E-state index contributed by atoms with van der Waals surface area (Å²) in [5, 5.41) is 0. The van der Waals surface area contributed by atoms with Crippen LogP contribution >= 0.6 is 0 Å². The van der Waals surface area contributed by atoms with Crippen molar-refractivity contribution in [1.82, 2.24) is 9.80 Å². The summed E-state index contributed by atoms with van der Waals surface area (Å²) in [7, 11) is 1.72. The predicted molar refractivity (Wildman–Crippen MR) is 100 cm³/mol. The van der Waals surface area contributed by atoms with E-state index in [2.05, 4.69) is 20.8 Å². The van der Waals surface area contributed by atoms with Gasteiger partial charge in [0.25, 0.3) is 0 Å². The number of unbranched alkanes of at least 4 members (excludes halogenated alkanes) is 1. The summed E-state index contributed by atoms with van der Waals surface area (Å²) >= 11 is 0. The number of ketones is 1. The van der Waals surface area contributed by atoms with E-state index in [4.69, 9.17) is 0 Å². The summed E-state index contributed by atoms with van der Waals surface area (Å²) in [6.45, 7) is 10.6. The molecule has 25 heavy (non-hydrogen) atoms. The van der Waals surface area contributed by atoms with Crippen molar-refractivity contribution >= 4 is 17.6 Å². The topological polar surface area (TPSA) is 57.7 Å². The van der Waals surface area contributed by atoms with Gasteiger partial charge in [0.1, 0.15) is 6.04 Å². The fourth-order valence-corrected chi connectivity index (χ4v) is 3.48.